The molecule has 0 saturated carbocycles. The van der Waals surface area contributed by atoms with Gasteiger partial charge in [0.05, 0.1) is 0 Å². The molecule has 0 aliphatic carbocycles. The number of Topliss-reactive ketones (excluding diaryl/α,β-unsaturated/α-hetero) is 1. The lowest BCUT2D eigenvalue weighted by atomic mass is 10.1. The molecule has 0 amide bonds. The van der Waals surface area contributed by atoms with Gasteiger partial charge in [0.25, 0.3) is 0 Å². The van der Waals surface area contributed by atoms with Crippen LogP contribution in [0.3, 0.4) is 0 Å². The van der Waals surface area contributed by atoms with Crippen LogP contribution in [0, 0.1) is 0 Å². The SMILES string of the molecule is C.CSCCCCCCCCCCC(C)=O. The predicted octanol–water partition coefficient (Wildman–Crippen LogP) is 5.09. The van der Waals surface area contributed by atoms with E-state index in [0.717, 1.165) is 12.8 Å². The van der Waals surface area contributed by atoms with E-state index in [2.05, 4.69) is 6.26 Å². The highest BCUT2D eigenvalue weighted by Gasteiger charge is 1.94. The minimum Gasteiger partial charge on any atom is -0.300 e. The van der Waals surface area contributed by atoms with Crippen molar-refractivity contribution < 1.29 is 4.79 Å². The number of carbonyl (C=O) groups excluding carboxylic acids is 1. The van der Waals surface area contributed by atoms with Crippen LogP contribution in [0.1, 0.15) is 72.1 Å². The van der Waals surface area contributed by atoms with Gasteiger partial charge in [0.2, 0.25) is 0 Å². The van der Waals surface area contributed by atoms with Crippen molar-refractivity contribution in [2.75, 3.05) is 12.0 Å². The molecule has 2 heteroatoms. The second-order valence-corrected chi connectivity index (χ2v) is 5.26. The van der Waals surface area contributed by atoms with E-state index in [1.165, 1.54) is 50.7 Å². The van der Waals surface area contributed by atoms with Gasteiger partial charge in [-0.05, 0) is 31.8 Å². The van der Waals surface area contributed by atoms with Crippen LogP contribution < -0.4 is 0 Å². The lowest BCUT2D eigenvalue weighted by molar-refractivity contribution is -0.117. The van der Waals surface area contributed by atoms with Crippen LogP contribution in [0.15, 0.2) is 0 Å². The molecule has 0 unspecified atom stereocenters. The Kier molecular flexibility index (Phi) is 17.3. The normalized spacial score (nSPS) is 9.88. The van der Waals surface area contributed by atoms with Gasteiger partial charge in [-0.3, -0.25) is 0 Å². The fourth-order valence-corrected chi connectivity index (χ4v) is 2.17. The first kappa shape index (κ1) is 18.4. The third-order valence-corrected chi connectivity index (χ3v) is 3.32. The average Bonchev–Trinajstić information content (AvgIpc) is 2.20. The Morgan fingerprint density at radius 2 is 1.31 bits per heavy atom. The van der Waals surface area contributed by atoms with Crippen molar-refractivity contribution in [2.24, 2.45) is 0 Å². The lowest BCUT2D eigenvalue weighted by Gasteiger charge is -2.01. The van der Waals surface area contributed by atoms with Gasteiger partial charge in [-0.25, -0.2) is 0 Å². The number of hydrogen-bond donors (Lipinski definition) is 0. The van der Waals surface area contributed by atoms with E-state index in [-0.39, 0.29) is 7.43 Å². The molecule has 98 valence electrons. The number of rotatable bonds is 11. The molecule has 0 fully saturated rings. The number of unbranched alkanes of at least 4 members (excludes halogenated alkanes) is 7. The van der Waals surface area contributed by atoms with Crippen LogP contribution in [-0.2, 0) is 4.79 Å². The Bertz CT molecular complexity index is 146. The molecule has 0 aromatic heterocycles. The highest BCUT2D eigenvalue weighted by molar-refractivity contribution is 7.98. The molecule has 1 nitrogen and oxygen atoms in total. The Morgan fingerprint density at radius 3 is 1.75 bits per heavy atom. The van der Waals surface area contributed by atoms with Crippen molar-refractivity contribution in [3.05, 3.63) is 0 Å². The monoisotopic (exact) mass is 246 g/mol. The largest absolute Gasteiger partial charge is 0.300 e. The van der Waals surface area contributed by atoms with E-state index in [9.17, 15) is 4.79 Å². The third-order valence-electron chi connectivity index (χ3n) is 2.63. The van der Waals surface area contributed by atoms with Gasteiger partial charge in [-0.15, -0.1) is 0 Å². The van der Waals surface area contributed by atoms with Crippen LogP contribution in [0.2, 0.25) is 0 Å². The molecular formula is C14H30OS. The smallest absolute Gasteiger partial charge is 0.129 e. The summed E-state index contributed by atoms with van der Waals surface area (Å²) >= 11 is 1.95. The topological polar surface area (TPSA) is 17.1 Å². The van der Waals surface area contributed by atoms with Gasteiger partial charge in [0.15, 0.2) is 0 Å². The first-order valence-electron chi connectivity index (χ1n) is 6.25. The summed E-state index contributed by atoms with van der Waals surface area (Å²) in [4.78, 5) is 10.7. The zero-order valence-electron chi connectivity index (χ0n) is 10.4. The summed E-state index contributed by atoms with van der Waals surface area (Å²) in [6, 6.07) is 0. The van der Waals surface area contributed by atoms with Crippen LogP contribution in [0.5, 0.6) is 0 Å². The molecule has 0 rings (SSSR count). The number of ketones is 1. The molecule has 0 N–H and O–H groups in total. The van der Waals surface area contributed by atoms with Crippen molar-refractivity contribution in [1.82, 2.24) is 0 Å². The van der Waals surface area contributed by atoms with Crippen molar-refractivity contribution >= 4 is 17.5 Å². The van der Waals surface area contributed by atoms with Gasteiger partial charge < -0.3 is 4.79 Å². The van der Waals surface area contributed by atoms with E-state index < -0.39 is 0 Å². The van der Waals surface area contributed by atoms with Crippen LogP contribution in [0.25, 0.3) is 0 Å². The fourth-order valence-electron chi connectivity index (χ4n) is 1.68. The van der Waals surface area contributed by atoms with Crippen LogP contribution >= 0.6 is 11.8 Å². The summed E-state index contributed by atoms with van der Waals surface area (Å²) in [5.41, 5.74) is 0. The maximum Gasteiger partial charge on any atom is 0.129 e. The minimum absolute atomic E-state index is 0. The summed E-state index contributed by atoms with van der Waals surface area (Å²) in [5, 5.41) is 0. The minimum atomic E-state index is 0. The van der Waals surface area contributed by atoms with E-state index in [0.29, 0.717) is 5.78 Å². The average molecular weight is 246 g/mol. The number of carbonyl (C=O) groups is 1. The van der Waals surface area contributed by atoms with E-state index in [1.54, 1.807) is 6.92 Å². The van der Waals surface area contributed by atoms with Gasteiger partial charge in [0, 0.05) is 6.42 Å². The van der Waals surface area contributed by atoms with Crippen LogP contribution in [-0.4, -0.2) is 17.8 Å². The van der Waals surface area contributed by atoms with Crippen LogP contribution in [0.4, 0.5) is 0 Å². The molecule has 0 bridgehead atoms. The number of thioether (sulfide) groups is 1. The Morgan fingerprint density at radius 1 is 0.875 bits per heavy atom. The van der Waals surface area contributed by atoms with E-state index >= 15 is 0 Å². The molecule has 16 heavy (non-hydrogen) atoms. The molecule has 0 heterocycles. The fraction of sp³-hybridized carbons (Fsp3) is 0.929. The zero-order valence-corrected chi connectivity index (χ0v) is 11.2. The summed E-state index contributed by atoms with van der Waals surface area (Å²) in [5.74, 6) is 1.66. The standard InChI is InChI=1S/C13H26OS.CH4/c1-13(14)11-9-7-5-3-4-6-8-10-12-15-2;/h3-12H2,1-2H3;1H4. The quantitative estimate of drug-likeness (QED) is 0.473. The predicted molar refractivity (Wildman–Crippen MR) is 77.3 cm³/mol. The number of hydrogen-bond acceptors (Lipinski definition) is 2. The molecule has 0 aliphatic rings. The third kappa shape index (κ3) is 16.4. The van der Waals surface area contributed by atoms with Gasteiger partial charge in [0.1, 0.15) is 5.78 Å². The van der Waals surface area contributed by atoms with E-state index in [4.69, 9.17) is 0 Å². The molecule has 0 saturated heterocycles. The zero-order chi connectivity index (χ0) is 11.4. The van der Waals surface area contributed by atoms with E-state index in [1.807, 2.05) is 11.8 Å². The first-order chi connectivity index (χ1) is 7.27. The Labute approximate surface area is 107 Å². The van der Waals surface area contributed by atoms with Gasteiger partial charge in [-0.1, -0.05) is 46.0 Å². The summed E-state index contributed by atoms with van der Waals surface area (Å²) in [6.07, 6.45) is 13.5. The highest BCUT2D eigenvalue weighted by Crippen LogP contribution is 2.10. The van der Waals surface area contributed by atoms with Crippen molar-refractivity contribution in [3.8, 4) is 0 Å². The molecular weight excluding hydrogens is 216 g/mol. The second kappa shape index (κ2) is 15.0. The summed E-state index contributed by atoms with van der Waals surface area (Å²) < 4.78 is 0. The molecule has 0 aromatic carbocycles. The van der Waals surface area contributed by atoms with Gasteiger partial charge in [-0.2, -0.15) is 11.8 Å². The summed E-state index contributed by atoms with van der Waals surface area (Å²) in [7, 11) is 0. The molecule has 0 aromatic rings. The van der Waals surface area contributed by atoms with Crippen molar-refractivity contribution in [2.45, 2.75) is 72.1 Å². The Hall–Kier alpha value is 0.0200. The second-order valence-electron chi connectivity index (χ2n) is 4.27. The molecule has 0 radical (unpaired) electrons. The molecule has 0 atom stereocenters. The molecule has 0 aliphatic heterocycles. The maximum atomic E-state index is 10.7. The maximum absolute atomic E-state index is 10.7. The van der Waals surface area contributed by atoms with Crippen molar-refractivity contribution in [1.29, 1.82) is 0 Å². The van der Waals surface area contributed by atoms with Gasteiger partial charge >= 0.3 is 0 Å². The Balaban J connectivity index is 0. The van der Waals surface area contributed by atoms with Crippen molar-refractivity contribution in [3.63, 3.8) is 0 Å². The highest BCUT2D eigenvalue weighted by atomic mass is 32.2. The lowest BCUT2D eigenvalue weighted by Crippen LogP contribution is -1.89. The molecule has 0 spiro atoms. The summed E-state index contributed by atoms with van der Waals surface area (Å²) in [6.45, 7) is 1.69. The first-order valence-corrected chi connectivity index (χ1v) is 7.65.